The third kappa shape index (κ3) is 3.11. The Morgan fingerprint density at radius 1 is 1.14 bits per heavy atom. The second kappa shape index (κ2) is 6.84. The number of fused-ring (bicyclic) bond motifs is 2. The Balaban J connectivity index is 2.37. The number of allylic oxidation sites excluding steroid dienone is 1. The molecule has 0 spiro atoms. The van der Waals surface area contributed by atoms with E-state index in [1.165, 1.54) is 32.1 Å². The summed E-state index contributed by atoms with van der Waals surface area (Å²) in [5.41, 5.74) is -1.04. The van der Waals surface area contributed by atoms with Crippen LogP contribution >= 0.6 is 0 Å². The van der Waals surface area contributed by atoms with Gasteiger partial charge in [-0.1, -0.05) is 6.08 Å². The zero-order chi connectivity index (χ0) is 20.7. The number of aromatic nitrogens is 1. The Kier molecular flexibility index (Phi) is 4.68. The number of carbonyl (C=O) groups is 4. The quantitative estimate of drug-likeness (QED) is 0.476. The van der Waals surface area contributed by atoms with Crippen molar-refractivity contribution < 1.29 is 33.4 Å². The predicted molar refractivity (Wildman–Crippen MR) is 94.7 cm³/mol. The Labute approximate surface area is 158 Å². The SMILES string of the molecule is CC(=O)c1cc2nc3c(oc-2c(OC(=O)O)c1=O)C(C(C)=O)C(C(C)=O)C=C3. The van der Waals surface area contributed by atoms with E-state index in [0.29, 0.717) is 0 Å². The van der Waals surface area contributed by atoms with Gasteiger partial charge < -0.3 is 14.3 Å². The molecule has 3 rings (SSSR count). The highest BCUT2D eigenvalue weighted by atomic mass is 16.7. The lowest BCUT2D eigenvalue weighted by Gasteiger charge is -2.25. The number of nitrogens with zero attached hydrogens (tertiary/aromatic N) is 1. The van der Waals surface area contributed by atoms with Crippen molar-refractivity contribution in [1.29, 1.82) is 0 Å². The van der Waals surface area contributed by atoms with Gasteiger partial charge in [0.1, 0.15) is 28.7 Å². The number of hydrogen-bond donors (Lipinski definition) is 1. The molecule has 2 aliphatic carbocycles. The number of rotatable bonds is 4. The van der Waals surface area contributed by atoms with Crippen LogP contribution in [-0.4, -0.2) is 33.6 Å². The summed E-state index contributed by atoms with van der Waals surface area (Å²) in [6, 6.07) is 1.17. The molecule has 9 nitrogen and oxygen atoms in total. The van der Waals surface area contributed by atoms with E-state index in [1.807, 2.05) is 0 Å². The maximum absolute atomic E-state index is 12.5. The maximum Gasteiger partial charge on any atom is 0.511 e. The van der Waals surface area contributed by atoms with E-state index in [9.17, 15) is 24.0 Å². The molecular weight excluding hydrogens is 370 g/mol. The molecule has 0 fully saturated rings. The van der Waals surface area contributed by atoms with Crippen LogP contribution in [0.25, 0.3) is 17.5 Å². The minimum atomic E-state index is -1.78. The van der Waals surface area contributed by atoms with Crippen molar-refractivity contribution in [3.05, 3.63) is 39.4 Å². The van der Waals surface area contributed by atoms with Crippen molar-refractivity contribution in [1.82, 2.24) is 4.98 Å². The summed E-state index contributed by atoms with van der Waals surface area (Å²) in [6.07, 6.45) is 1.25. The molecule has 3 aliphatic rings. The smallest absolute Gasteiger partial charge is 0.452 e. The van der Waals surface area contributed by atoms with Crippen LogP contribution in [0.3, 0.4) is 0 Å². The van der Waals surface area contributed by atoms with Gasteiger partial charge in [-0.05, 0) is 32.9 Å². The van der Waals surface area contributed by atoms with E-state index in [4.69, 9.17) is 9.52 Å². The average molecular weight is 385 g/mol. The van der Waals surface area contributed by atoms with Crippen LogP contribution in [0.15, 0.2) is 21.4 Å². The monoisotopic (exact) mass is 385 g/mol. The molecule has 0 radical (unpaired) electrons. The predicted octanol–water partition coefficient (Wildman–Crippen LogP) is 2.30. The second-order valence-corrected chi connectivity index (χ2v) is 6.40. The van der Waals surface area contributed by atoms with Gasteiger partial charge in [0.15, 0.2) is 11.5 Å². The molecule has 0 aromatic carbocycles. The second-order valence-electron chi connectivity index (χ2n) is 6.40. The van der Waals surface area contributed by atoms with Gasteiger partial charge in [0.2, 0.25) is 11.2 Å². The Bertz CT molecular complexity index is 1090. The molecule has 1 heterocycles. The molecule has 2 unspecified atom stereocenters. The fourth-order valence-electron chi connectivity index (χ4n) is 3.20. The molecule has 0 saturated heterocycles. The standard InChI is InChI=1S/C19H15NO8/c1-7(21)10-4-5-12-16(14(10)9(3)23)27-17-13(20-12)6-11(8(2)22)15(24)18(17)28-19(25)26/h4-6,10,14H,1-3H3,(H,25,26). The number of carboxylic acid groups (broad SMARTS) is 1. The van der Waals surface area contributed by atoms with Crippen LogP contribution in [0.2, 0.25) is 0 Å². The van der Waals surface area contributed by atoms with E-state index in [2.05, 4.69) is 9.72 Å². The van der Waals surface area contributed by atoms with Crippen LogP contribution in [-0.2, 0) is 9.59 Å². The van der Waals surface area contributed by atoms with Crippen molar-refractivity contribution in [3.63, 3.8) is 0 Å². The van der Waals surface area contributed by atoms with Gasteiger partial charge in [0.25, 0.3) is 0 Å². The number of ketones is 3. The zero-order valence-electron chi connectivity index (χ0n) is 15.1. The van der Waals surface area contributed by atoms with Gasteiger partial charge in [0.05, 0.1) is 17.4 Å². The minimum Gasteiger partial charge on any atom is -0.452 e. The Morgan fingerprint density at radius 3 is 2.36 bits per heavy atom. The van der Waals surface area contributed by atoms with Gasteiger partial charge in [0, 0.05) is 0 Å². The van der Waals surface area contributed by atoms with E-state index in [0.717, 1.165) is 6.92 Å². The highest BCUT2D eigenvalue weighted by Gasteiger charge is 2.37. The first kappa shape index (κ1) is 19.2. The van der Waals surface area contributed by atoms with E-state index in [-0.39, 0.29) is 40.0 Å². The minimum absolute atomic E-state index is 0.00743. The molecule has 144 valence electrons. The molecule has 1 N–H and O–H groups in total. The lowest BCUT2D eigenvalue weighted by Crippen LogP contribution is -2.28. The first-order valence-electron chi connectivity index (χ1n) is 8.24. The topological polar surface area (TPSA) is 141 Å². The van der Waals surface area contributed by atoms with Gasteiger partial charge in [-0.3, -0.25) is 19.2 Å². The normalized spacial score (nSPS) is 17.8. The third-order valence-corrected chi connectivity index (χ3v) is 4.46. The number of benzene rings is 1. The first-order valence-corrected chi connectivity index (χ1v) is 8.24. The molecule has 1 aliphatic heterocycles. The van der Waals surface area contributed by atoms with E-state index in [1.54, 1.807) is 0 Å². The molecule has 0 bridgehead atoms. The van der Waals surface area contributed by atoms with Gasteiger partial charge in [-0.2, -0.15) is 0 Å². The summed E-state index contributed by atoms with van der Waals surface area (Å²) in [4.78, 5) is 63.6. The fourth-order valence-corrected chi connectivity index (χ4v) is 3.20. The molecule has 0 aromatic rings. The zero-order valence-corrected chi connectivity index (χ0v) is 15.1. The maximum atomic E-state index is 12.5. The fraction of sp³-hybridized carbons (Fsp3) is 0.263. The van der Waals surface area contributed by atoms with Gasteiger partial charge in [-0.15, -0.1) is 0 Å². The van der Waals surface area contributed by atoms with E-state index < -0.39 is 35.0 Å². The van der Waals surface area contributed by atoms with E-state index >= 15 is 0 Å². The molecule has 0 amide bonds. The summed E-state index contributed by atoms with van der Waals surface area (Å²) in [7, 11) is 0. The largest absolute Gasteiger partial charge is 0.511 e. The molecule has 28 heavy (non-hydrogen) atoms. The lowest BCUT2D eigenvalue weighted by atomic mass is 9.80. The average Bonchev–Trinajstić information content (AvgIpc) is 2.60. The van der Waals surface area contributed by atoms with Crippen molar-refractivity contribution >= 4 is 29.6 Å². The van der Waals surface area contributed by atoms with Crippen molar-refractivity contribution in [2.45, 2.75) is 26.7 Å². The molecular formula is C19H15NO8. The molecule has 0 saturated carbocycles. The van der Waals surface area contributed by atoms with Crippen molar-refractivity contribution in [3.8, 4) is 17.2 Å². The number of carbonyl (C=O) groups excluding carboxylic acids is 3. The molecule has 9 heteroatoms. The summed E-state index contributed by atoms with van der Waals surface area (Å²) in [6.45, 7) is 3.76. The highest BCUT2D eigenvalue weighted by Crippen LogP contribution is 2.40. The van der Waals surface area contributed by atoms with Crippen molar-refractivity contribution in [2.24, 2.45) is 5.92 Å². The summed E-state index contributed by atoms with van der Waals surface area (Å²) in [5, 5.41) is 8.96. The Morgan fingerprint density at radius 2 is 1.82 bits per heavy atom. The third-order valence-electron chi connectivity index (χ3n) is 4.46. The van der Waals surface area contributed by atoms with Crippen LogP contribution < -0.4 is 10.2 Å². The van der Waals surface area contributed by atoms with Gasteiger partial charge >= 0.3 is 6.16 Å². The van der Waals surface area contributed by atoms with Crippen LogP contribution in [0.4, 0.5) is 4.79 Å². The van der Waals surface area contributed by atoms with Gasteiger partial charge in [-0.25, -0.2) is 9.78 Å². The van der Waals surface area contributed by atoms with Crippen LogP contribution in [0.1, 0.15) is 48.5 Å². The number of ether oxygens (including phenoxy) is 1. The number of Topliss-reactive ketones (excluding diaryl/α,β-unsaturated/α-hetero) is 3. The van der Waals surface area contributed by atoms with Crippen molar-refractivity contribution in [2.75, 3.05) is 0 Å². The molecule has 2 atom stereocenters. The molecule has 0 aromatic heterocycles. The summed E-state index contributed by atoms with van der Waals surface area (Å²) < 4.78 is 10.3. The van der Waals surface area contributed by atoms with Crippen LogP contribution in [0.5, 0.6) is 5.75 Å². The first-order chi connectivity index (χ1) is 13.1. The number of hydrogen-bond acceptors (Lipinski definition) is 8. The highest BCUT2D eigenvalue weighted by molar-refractivity contribution is 5.97. The van der Waals surface area contributed by atoms with Crippen LogP contribution in [0, 0.1) is 5.92 Å². The summed E-state index contributed by atoms with van der Waals surface area (Å²) >= 11 is 0. The lowest BCUT2D eigenvalue weighted by molar-refractivity contribution is -0.126. The summed E-state index contributed by atoms with van der Waals surface area (Å²) in [5.74, 6) is -4.00. The Hall–Kier alpha value is -3.62.